The predicted octanol–water partition coefficient (Wildman–Crippen LogP) is 5.11. The lowest BCUT2D eigenvalue weighted by molar-refractivity contribution is -0.274. The van der Waals surface area contributed by atoms with Crippen LogP contribution in [0.4, 0.5) is 18.9 Å². The first-order valence-corrected chi connectivity index (χ1v) is 13.3. The number of halogens is 3. The minimum Gasteiger partial charge on any atom is -0.406 e. The van der Waals surface area contributed by atoms with Gasteiger partial charge in [-0.15, -0.1) is 13.2 Å². The molecule has 7 nitrogen and oxygen atoms in total. The fourth-order valence-electron chi connectivity index (χ4n) is 5.29. The number of nitrogens with one attached hydrogen (secondary N) is 2. The molecule has 2 unspecified atom stereocenters. The Kier molecular flexibility index (Phi) is 10.5. The van der Waals surface area contributed by atoms with Crippen molar-refractivity contribution >= 4 is 17.5 Å². The SMILES string of the molecule is CC(CNc1ccc(OC(F)(F)F)cc1)NC(=O)C(CC(=O)N1C[C@@H](C)O[C@@H](C)C1)CC1CCCCC1. The third kappa shape index (κ3) is 10.1. The number of carbonyl (C=O) groups excluding carboxylic acids is 2. The monoisotopic (exact) mass is 527 g/mol. The van der Waals surface area contributed by atoms with Gasteiger partial charge in [0.1, 0.15) is 5.75 Å². The normalized spacial score (nSPS) is 22.7. The number of alkyl halides is 3. The zero-order valence-corrected chi connectivity index (χ0v) is 22.0. The van der Waals surface area contributed by atoms with Crippen LogP contribution in [0.5, 0.6) is 5.75 Å². The Morgan fingerprint density at radius 2 is 1.70 bits per heavy atom. The number of carbonyl (C=O) groups is 2. The summed E-state index contributed by atoms with van der Waals surface area (Å²) < 4.78 is 46.7. The topological polar surface area (TPSA) is 79.9 Å². The maximum Gasteiger partial charge on any atom is 0.573 e. The van der Waals surface area contributed by atoms with E-state index in [0.29, 0.717) is 37.7 Å². The zero-order valence-electron chi connectivity index (χ0n) is 22.0. The summed E-state index contributed by atoms with van der Waals surface area (Å²) in [4.78, 5) is 28.3. The zero-order chi connectivity index (χ0) is 27.0. The van der Waals surface area contributed by atoms with Crippen molar-refractivity contribution in [3.63, 3.8) is 0 Å². The van der Waals surface area contributed by atoms with Crippen LogP contribution in [0, 0.1) is 11.8 Å². The summed E-state index contributed by atoms with van der Waals surface area (Å²) >= 11 is 0. The highest BCUT2D eigenvalue weighted by Gasteiger charge is 2.32. The van der Waals surface area contributed by atoms with E-state index in [9.17, 15) is 22.8 Å². The number of ether oxygens (including phenoxy) is 2. The van der Waals surface area contributed by atoms with Gasteiger partial charge in [0, 0.05) is 43.7 Å². The minimum absolute atomic E-state index is 0.00935. The van der Waals surface area contributed by atoms with Gasteiger partial charge in [0.25, 0.3) is 0 Å². The average molecular weight is 528 g/mol. The first-order chi connectivity index (χ1) is 17.5. The molecule has 1 aromatic rings. The van der Waals surface area contributed by atoms with Gasteiger partial charge in [0.2, 0.25) is 11.8 Å². The first kappa shape index (κ1) is 29.1. The third-order valence-electron chi connectivity index (χ3n) is 7.00. The van der Waals surface area contributed by atoms with Crippen LogP contribution in [0.3, 0.4) is 0 Å². The van der Waals surface area contributed by atoms with Gasteiger partial charge in [0.05, 0.1) is 12.2 Å². The second kappa shape index (κ2) is 13.3. The van der Waals surface area contributed by atoms with Crippen LogP contribution in [0.25, 0.3) is 0 Å². The molecule has 4 atom stereocenters. The van der Waals surface area contributed by atoms with Gasteiger partial charge in [-0.1, -0.05) is 32.1 Å². The standard InChI is InChI=1S/C27H40F3N3O4/c1-18(15-31-23-9-11-24(12-10-23)37-27(28,29)30)32-26(35)22(13-21-7-5-4-6-8-21)14-25(34)33-16-19(2)36-20(3)17-33/h9-12,18-22,31H,4-8,13-17H2,1-3H3,(H,32,35)/t18?,19-,20+,22?. The van der Waals surface area contributed by atoms with Gasteiger partial charge in [-0.05, 0) is 57.4 Å². The maximum absolute atomic E-state index is 13.3. The number of amides is 2. The maximum atomic E-state index is 13.3. The summed E-state index contributed by atoms with van der Waals surface area (Å²) in [6.07, 6.45) is 1.83. The Balaban J connectivity index is 1.55. The lowest BCUT2D eigenvalue weighted by atomic mass is 9.81. The molecule has 3 rings (SSSR count). The van der Waals surface area contributed by atoms with E-state index in [1.807, 2.05) is 25.7 Å². The molecule has 2 N–H and O–H groups in total. The summed E-state index contributed by atoms with van der Waals surface area (Å²) in [5, 5.41) is 6.16. The quantitative estimate of drug-likeness (QED) is 0.442. The second-order valence-corrected chi connectivity index (χ2v) is 10.6. The van der Waals surface area contributed by atoms with Gasteiger partial charge in [-0.25, -0.2) is 0 Å². The second-order valence-electron chi connectivity index (χ2n) is 10.6. The van der Waals surface area contributed by atoms with Crippen LogP contribution >= 0.6 is 0 Å². The van der Waals surface area contributed by atoms with E-state index in [2.05, 4.69) is 15.4 Å². The van der Waals surface area contributed by atoms with E-state index >= 15 is 0 Å². The van der Waals surface area contributed by atoms with E-state index in [-0.39, 0.29) is 42.2 Å². The minimum atomic E-state index is -4.73. The number of hydrogen-bond donors (Lipinski definition) is 2. The average Bonchev–Trinajstić information content (AvgIpc) is 2.82. The highest BCUT2D eigenvalue weighted by Crippen LogP contribution is 2.31. The van der Waals surface area contributed by atoms with Crippen LogP contribution < -0.4 is 15.4 Å². The van der Waals surface area contributed by atoms with Crippen molar-refractivity contribution in [3.8, 4) is 5.75 Å². The van der Waals surface area contributed by atoms with Crippen molar-refractivity contribution in [2.75, 3.05) is 25.0 Å². The summed E-state index contributed by atoms with van der Waals surface area (Å²) in [6.45, 7) is 7.22. The molecule has 0 bridgehead atoms. The number of benzene rings is 1. The van der Waals surface area contributed by atoms with E-state index in [1.54, 1.807) is 0 Å². The Hall–Kier alpha value is -2.49. The number of morpholine rings is 1. The highest BCUT2D eigenvalue weighted by atomic mass is 19.4. The van der Waals surface area contributed by atoms with Crippen molar-refractivity contribution in [1.82, 2.24) is 10.2 Å². The molecule has 2 fully saturated rings. The van der Waals surface area contributed by atoms with Gasteiger partial charge < -0.3 is 25.0 Å². The summed E-state index contributed by atoms with van der Waals surface area (Å²) in [6, 6.07) is 5.21. The molecule has 10 heteroatoms. The van der Waals surface area contributed by atoms with Gasteiger partial charge in [0.15, 0.2) is 0 Å². The molecular formula is C27H40F3N3O4. The molecular weight excluding hydrogens is 487 g/mol. The molecule has 2 amide bonds. The molecule has 0 spiro atoms. The summed E-state index contributed by atoms with van der Waals surface area (Å²) in [5.41, 5.74) is 0.611. The fourth-order valence-corrected chi connectivity index (χ4v) is 5.29. The predicted molar refractivity (Wildman–Crippen MR) is 135 cm³/mol. The Labute approximate surface area is 217 Å². The molecule has 0 aromatic heterocycles. The first-order valence-electron chi connectivity index (χ1n) is 13.3. The van der Waals surface area contributed by atoms with Crippen LogP contribution in [0.15, 0.2) is 24.3 Å². The van der Waals surface area contributed by atoms with Crippen LogP contribution in [0.2, 0.25) is 0 Å². The molecule has 1 aromatic carbocycles. The third-order valence-corrected chi connectivity index (χ3v) is 7.00. The number of hydrogen-bond acceptors (Lipinski definition) is 5. The molecule has 1 aliphatic heterocycles. The van der Waals surface area contributed by atoms with Gasteiger partial charge in [-0.3, -0.25) is 9.59 Å². The molecule has 0 radical (unpaired) electrons. The van der Waals surface area contributed by atoms with E-state index < -0.39 is 12.3 Å². The van der Waals surface area contributed by atoms with E-state index in [0.717, 1.165) is 12.8 Å². The molecule has 1 aliphatic carbocycles. The molecule has 2 aliphatic rings. The van der Waals surface area contributed by atoms with Crippen molar-refractivity contribution < 1.29 is 32.2 Å². The highest BCUT2D eigenvalue weighted by molar-refractivity contribution is 5.86. The number of nitrogens with zero attached hydrogens (tertiary/aromatic N) is 1. The van der Waals surface area contributed by atoms with Crippen molar-refractivity contribution in [2.45, 2.75) is 90.3 Å². The van der Waals surface area contributed by atoms with Crippen molar-refractivity contribution in [2.24, 2.45) is 11.8 Å². The van der Waals surface area contributed by atoms with Crippen molar-refractivity contribution in [3.05, 3.63) is 24.3 Å². The Morgan fingerprint density at radius 1 is 1.08 bits per heavy atom. The van der Waals surface area contributed by atoms with E-state index in [4.69, 9.17) is 4.74 Å². The van der Waals surface area contributed by atoms with Gasteiger partial charge in [-0.2, -0.15) is 0 Å². The summed E-state index contributed by atoms with van der Waals surface area (Å²) in [5.74, 6) is -0.379. The van der Waals surface area contributed by atoms with Gasteiger partial charge >= 0.3 is 6.36 Å². The smallest absolute Gasteiger partial charge is 0.406 e. The van der Waals surface area contributed by atoms with Crippen LogP contribution in [0.1, 0.15) is 65.7 Å². The summed E-state index contributed by atoms with van der Waals surface area (Å²) in [7, 11) is 0. The molecule has 1 saturated heterocycles. The largest absolute Gasteiger partial charge is 0.573 e. The molecule has 208 valence electrons. The van der Waals surface area contributed by atoms with Crippen LogP contribution in [-0.4, -0.2) is 61.0 Å². The lowest BCUT2D eigenvalue weighted by Crippen LogP contribution is -2.49. The number of rotatable bonds is 10. The lowest BCUT2D eigenvalue weighted by Gasteiger charge is -2.36. The Bertz CT molecular complexity index is 865. The van der Waals surface area contributed by atoms with Crippen molar-refractivity contribution in [1.29, 1.82) is 0 Å². The Morgan fingerprint density at radius 3 is 2.30 bits per heavy atom. The number of anilines is 1. The molecule has 1 saturated carbocycles. The molecule has 1 heterocycles. The van der Waals surface area contributed by atoms with E-state index in [1.165, 1.54) is 43.5 Å². The fraction of sp³-hybridized carbons (Fsp3) is 0.704. The molecule has 37 heavy (non-hydrogen) atoms. The van der Waals surface area contributed by atoms with Crippen LogP contribution in [-0.2, 0) is 14.3 Å².